The average Bonchev–Trinajstić information content (AvgIpc) is 3.09. The number of ether oxygens (including phenoxy) is 10. The Balaban J connectivity index is 0.00000282. The first-order valence-corrected chi connectivity index (χ1v) is 14.6. The second kappa shape index (κ2) is 17.7. The standard InChI is InChI=1S/C32H36O12.C2H6/c1-35-7-9-41-27-13-21-19-11-25(37-3)26(38-4)12-20(19)22-14-28(42-10-8-36-2)30(44-18-32(34)40-6)16-24(22)23(21)15-29(27)43-17-31(33)39-5;1-2/h11-16H,7-10,17-18H2,1-6H3;1-2H3. The number of rotatable bonds is 16. The van der Waals surface area contributed by atoms with Gasteiger partial charge in [0.05, 0.1) is 41.7 Å². The molecule has 0 atom stereocenters. The second-order valence-electron chi connectivity index (χ2n) is 9.35. The fraction of sp³-hybridized carbons (Fsp3) is 0.412. The van der Waals surface area contributed by atoms with Crippen LogP contribution >= 0.6 is 0 Å². The molecule has 0 aromatic heterocycles. The largest absolute Gasteiger partial charge is 0.493 e. The van der Waals surface area contributed by atoms with Crippen molar-refractivity contribution in [1.82, 2.24) is 0 Å². The zero-order valence-corrected chi connectivity index (χ0v) is 27.6. The van der Waals surface area contributed by atoms with E-state index in [2.05, 4.69) is 0 Å². The summed E-state index contributed by atoms with van der Waals surface area (Å²) in [5.41, 5.74) is 0. The number of methoxy groups -OCH3 is 6. The van der Waals surface area contributed by atoms with Gasteiger partial charge in [-0.2, -0.15) is 0 Å². The summed E-state index contributed by atoms with van der Waals surface area (Å²) >= 11 is 0. The Morgan fingerprint density at radius 2 is 0.717 bits per heavy atom. The molecule has 4 rings (SSSR count). The van der Waals surface area contributed by atoms with Crippen molar-refractivity contribution in [1.29, 1.82) is 0 Å². The van der Waals surface area contributed by atoms with E-state index >= 15 is 0 Å². The normalized spacial score (nSPS) is 10.6. The van der Waals surface area contributed by atoms with Gasteiger partial charge in [0.15, 0.2) is 47.7 Å². The molecule has 0 aliphatic heterocycles. The predicted molar refractivity (Wildman–Crippen MR) is 173 cm³/mol. The van der Waals surface area contributed by atoms with Gasteiger partial charge in [0.2, 0.25) is 0 Å². The van der Waals surface area contributed by atoms with Crippen molar-refractivity contribution < 1.29 is 57.0 Å². The summed E-state index contributed by atoms with van der Waals surface area (Å²) in [5, 5.41) is 4.71. The highest BCUT2D eigenvalue weighted by Gasteiger charge is 2.20. The van der Waals surface area contributed by atoms with Gasteiger partial charge in [-0.15, -0.1) is 0 Å². The molecule has 0 amide bonds. The van der Waals surface area contributed by atoms with Crippen molar-refractivity contribution in [2.45, 2.75) is 13.8 Å². The molecular weight excluding hydrogens is 600 g/mol. The van der Waals surface area contributed by atoms with Gasteiger partial charge < -0.3 is 47.4 Å². The number of hydrogen-bond acceptors (Lipinski definition) is 12. The van der Waals surface area contributed by atoms with Crippen molar-refractivity contribution in [2.75, 3.05) is 82.3 Å². The minimum atomic E-state index is -0.551. The Hall–Kier alpha value is -4.68. The van der Waals surface area contributed by atoms with Gasteiger partial charge in [0.25, 0.3) is 0 Å². The molecule has 0 heterocycles. The van der Waals surface area contributed by atoms with E-state index in [4.69, 9.17) is 47.4 Å². The Labute approximate surface area is 268 Å². The first-order chi connectivity index (χ1) is 22.4. The average molecular weight is 643 g/mol. The minimum absolute atomic E-state index is 0.243. The van der Waals surface area contributed by atoms with E-state index in [0.29, 0.717) is 47.7 Å². The first-order valence-electron chi connectivity index (χ1n) is 14.6. The molecule has 0 N–H and O–H groups in total. The molecule has 0 aliphatic rings. The van der Waals surface area contributed by atoms with E-state index in [9.17, 15) is 9.59 Å². The molecule has 0 radical (unpaired) electrons. The monoisotopic (exact) mass is 642 g/mol. The van der Waals surface area contributed by atoms with Gasteiger partial charge >= 0.3 is 11.9 Å². The van der Waals surface area contributed by atoms with E-state index in [1.807, 2.05) is 38.1 Å². The molecule has 4 aromatic rings. The molecule has 0 saturated carbocycles. The summed E-state index contributed by atoms with van der Waals surface area (Å²) < 4.78 is 54.9. The van der Waals surface area contributed by atoms with Crippen molar-refractivity contribution in [3.05, 3.63) is 36.4 Å². The van der Waals surface area contributed by atoms with Crippen LogP contribution in [0.3, 0.4) is 0 Å². The van der Waals surface area contributed by atoms with Crippen molar-refractivity contribution in [3.63, 3.8) is 0 Å². The summed E-state index contributed by atoms with van der Waals surface area (Å²) in [5.74, 6) is 1.39. The lowest BCUT2D eigenvalue weighted by molar-refractivity contribution is -0.143. The molecule has 12 nitrogen and oxygen atoms in total. The third-order valence-electron chi connectivity index (χ3n) is 6.80. The van der Waals surface area contributed by atoms with Gasteiger partial charge in [-0.25, -0.2) is 9.59 Å². The summed E-state index contributed by atoms with van der Waals surface area (Å²) in [6, 6.07) is 11.0. The first kappa shape index (κ1) is 35.8. The molecule has 0 aliphatic carbocycles. The second-order valence-corrected chi connectivity index (χ2v) is 9.35. The molecule has 12 heteroatoms. The zero-order valence-electron chi connectivity index (χ0n) is 27.6. The molecule has 0 fully saturated rings. The van der Waals surface area contributed by atoms with Gasteiger partial charge in [-0.3, -0.25) is 0 Å². The van der Waals surface area contributed by atoms with Crippen LogP contribution in [-0.4, -0.2) is 94.2 Å². The van der Waals surface area contributed by atoms with Crippen LogP contribution in [0.25, 0.3) is 32.3 Å². The third-order valence-corrected chi connectivity index (χ3v) is 6.80. The van der Waals surface area contributed by atoms with Crippen molar-refractivity contribution in [2.24, 2.45) is 0 Å². The SMILES string of the molecule is CC.COCCOc1cc2c3cc(OC)c(OC)cc3c3cc(OCCOC)c(OCC(=O)OC)cc3c2cc1OCC(=O)OC. The van der Waals surface area contributed by atoms with Crippen LogP contribution in [-0.2, 0) is 28.5 Å². The van der Waals surface area contributed by atoms with Gasteiger partial charge in [0.1, 0.15) is 13.2 Å². The van der Waals surface area contributed by atoms with E-state index in [1.165, 1.54) is 14.2 Å². The topological polar surface area (TPSA) is 126 Å². The van der Waals surface area contributed by atoms with Crippen LogP contribution in [0.2, 0.25) is 0 Å². The third kappa shape index (κ3) is 8.32. The summed E-state index contributed by atoms with van der Waals surface area (Å²) in [4.78, 5) is 23.9. The quantitative estimate of drug-likeness (QED) is 0.0889. The highest BCUT2D eigenvalue weighted by atomic mass is 16.6. The zero-order chi connectivity index (χ0) is 33.6. The highest BCUT2D eigenvalue weighted by molar-refractivity contribution is 6.26. The minimum Gasteiger partial charge on any atom is -0.493 e. The number of carbonyl (C=O) groups excluding carboxylic acids is 2. The molecule has 0 unspecified atom stereocenters. The van der Waals surface area contributed by atoms with Crippen LogP contribution in [0.1, 0.15) is 13.8 Å². The Morgan fingerprint density at radius 3 is 0.978 bits per heavy atom. The summed E-state index contributed by atoms with van der Waals surface area (Å²) in [7, 11) is 8.85. The van der Waals surface area contributed by atoms with Crippen molar-refractivity contribution in [3.8, 4) is 34.5 Å². The molecular formula is C34H42O12. The van der Waals surface area contributed by atoms with Crippen LogP contribution in [0.5, 0.6) is 34.5 Å². The van der Waals surface area contributed by atoms with E-state index < -0.39 is 11.9 Å². The number of carbonyl (C=O) groups is 2. The molecule has 46 heavy (non-hydrogen) atoms. The summed E-state index contributed by atoms with van der Waals surface area (Å²) in [6.07, 6.45) is 0. The maximum Gasteiger partial charge on any atom is 0.343 e. The highest BCUT2D eigenvalue weighted by Crippen LogP contribution is 2.47. The predicted octanol–water partition coefficient (Wildman–Crippen LogP) is 5.34. The number of esters is 2. The molecule has 0 spiro atoms. The lowest BCUT2D eigenvalue weighted by atomic mass is 9.93. The Morgan fingerprint density at radius 1 is 0.435 bits per heavy atom. The van der Waals surface area contributed by atoms with Gasteiger partial charge in [-0.1, -0.05) is 13.8 Å². The van der Waals surface area contributed by atoms with Crippen LogP contribution < -0.4 is 28.4 Å². The van der Waals surface area contributed by atoms with Gasteiger partial charge in [0, 0.05) is 14.2 Å². The molecule has 0 bridgehead atoms. The number of benzene rings is 4. The van der Waals surface area contributed by atoms with Crippen LogP contribution in [0.15, 0.2) is 36.4 Å². The Bertz CT molecular complexity index is 1510. The molecule has 4 aromatic carbocycles. The van der Waals surface area contributed by atoms with Crippen molar-refractivity contribution >= 4 is 44.3 Å². The number of fused-ring (bicyclic) bond motifs is 6. The fourth-order valence-corrected chi connectivity index (χ4v) is 4.65. The lowest BCUT2D eigenvalue weighted by Crippen LogP contribution is -2.14. The smallest absolute Gasteiger partial charge is 0.343 e. The maximum absolute atomic E-state index is 12.0. The number of hydrogen-bond donors (Lipinski definition) is 0. The summed E-state index contributed by atoms with van der Waals surface area (Å²) in [6.45, 7) is 4.50. The van der Waals surface area contributed by atoms with Crippen LogP contribution in [0, 0.1) is 0 Å². The van der Waals surface area contributed by atoms with E-state index in [0.717, 1.165) is 32.3 Å². The Kier molecular flexibility index (Phi) is 13.8. The van der Waals surface area contributed by atoms with Gasteiger partial charge in [-0.05, 0) is 68.7 Å². The van der Waals surface area contributed by atoms with E-state index in [-0.39, 0.29) is 26.4 Å². The molecule has 0 saturated heterocycles. The maximum atomic E-state index is 12.0. The lowest BCUT2D eigenvalue weighted by Gasteiger charge is -2.19. The fourth-order valence-electron chi connectivity index (χ4n) is 4.65. The van der Waals surface area contributed by atoms with E-state index in [1.54, 1.807) is 40.6 Å². The van der Waals surface area contributed by atoms with Crippen LogP contribution in [0.4, 0.5) is 0 Å². The molecule has 250 valence electrons.